The Bertz CT molecular complexity index is 1180. The van der Waals surface area contributed by atoms with Crippen LogP contribution in [0.1, 0.15) is 21.7 Å². The summed E-state index contributed by atoms with van der Waals surface area (Å²) >= 11 is 0. The Morgan fingerprint density at radius 2 is 1.67 bits per heavy atom. The first-order valence-corrected chi connectivity index (χ1v) is 9.31. The Balaban J connectivity index is 1.53. The van der Waals surface area contributed by atoms with Crippen LogP contribution in [0, 0.1) is 10.1 Å². The van der Waals surface area contributed by atoms with E-state index in [1.807, 2.05) is 48.5 Å². The highest BCUT2D eigenvalue weighted by atomic mass is 16.6. The summed E-state index contributed by atoms with van der Waals surface area (Å²) in [6.07, 6.45) is 0. The van der Waals surface area contributed by atoms with Crippen LogP contribution in [0.5, 0.6) is 5.75 Å². The van der Waals surface area contributed by atoms with Crippen molar-refractivity contribution in [3.63, 3.8) is 0 Å². The number of ether oxygens (including phenoxy) is 1. The number of hydrogen-bond acceptors (Lipinski definition) is 5. The predicted molar refractivity (Wildman–Crippen MR) is 111 cm³/mol. The number of nitrogens with one attached hydrogen (secondary N) is 1. The number of furan rings is 1. The highest BCUT2D eigenvalue weighted by Crippen LogP contribution is 2.27. The molecule has 0 spiro atoms. The zero-order valence-corrected chi connectivity index (χ0v) is 15.9. The number of nitrogens with zero attached hydrogens (tertiary/aromatic N) is 1. The highest BCUT2D eigenvalue weighted by molar-refractivity contribution is 5.99. The van der Waals surface area contributed by atoms with Gasteiger partial charge in [-0.25, -0.2) is 0 Å². The maximum Gasteiger partial charge on any atom is 0.287 e. The third-order valence-electron chi connectivity index (χ3n) is 4.63. The standard InChI is InChI=1S/C23H18N2O5/c26-23(24-14-16-10-12-17(13-11-16)25(27)28)22-20(15-29-18-6-2-1-3-7-18)19-8-4-5-9-21(19)30-22/h1-13H,14-15H2,(H,24,26). The first kappa shape index (κ1) is 19.2. The largest absolute Gasteiger partial charge is 0.489 e. The van der Waals surface area contributed by atoms with Crippen molar-refractivity contribution in [1.29, 1.82) is 0 Å². The Labute approximate surface area is 172 Å². The summed E-state index contributed by atoms with van der Waals surface area (Å²) in [5.41, 5.74) is 2.01. The molecule has 30 heavy (non-hydrogen) atoms. The van der Waals surface area contributed by atoms with Crippen molar-refractivity contribution in [3.8, 4) is 5.75 Å². The lowest BCUT2D eigenvalue weighted by Gasteiger charge is -2.08. The summed E-state index contributed by atoms with van der Waals surface area (Å²) in [4.78, 5) is 23.1. The van der Waals surface area contributed by atoms with Gasteiger partial charge in [0.25, 0.3) is 11.6 Å². The topological polar surface area (TPSA) is 94.6 Å². The molecule has 0 aliphatic heterocycles. The van der Waals surface area contributed by atoms with Crippen molar-refractivity contribution in [3.05, 3.63) is 106 Å². The molecule has 1 aromatic heterocycles. The number of carbonyl (C=O) groups is 1. The van der Waals surface area contributed by atoms with E-state index in [2.05, 4.69) is 5.32 Å². The second-order valence-electron chi connectivity index (χ2n) is 6.61. The quantitative estimate of drug-likeness (QED) is 0.352. The number of hydrogen-bond donors (Lipinski definition) is 1. The number of non-ortho nitro benzene ring substituents is 1. The summed E-state index contributed by atoms with van der Waals surface area (Å²) in [6, 6.07) is 22.8. The number of benzene rings is 3. The number of carbonyl (C=O) groups excluding carboxylic acids is 1. The fourth-order valence-corrected chi connectivity index (χ4v) is 3.10. The van der Waals surface area contributed by atoms with Crippen LogP contribution in [0.15, 0.2) is 83.3 Å². The van der Waals surface area contributed by atoms with E-state index in [9.17, 15) is 14.9 Å². The van der Waals surface area contributed by atoms with Gasteiger partial charge in [0.2, 0.25) is 0 Å². The van der Waals surface area contributed by atoms with Gasteiger partial charge in [-0.1, -0.05) is 48.5 Å². The molecule has 1 amide bonds. The fraction of sp³-hybridized carbons (Fsp3) is 0.0870. The number of fused-ring (bicyclic) bond motifs is 1. The van der Waals surface area contributed by atoms with Crippen molar-refractivity contribution in [2.75, 3.05) is 0 Å². The van der Waals surface area contributed by atoms with Crippen molar-refractivity contribution in [1.82, 2.24) is 5.32 Å². The summed E-state index contributed by atoms with van der Waals surface area (Å²) in [5.74, 6) is 0.505. The Hall–Kier alpha value is -4.13. The average Bonchev–Trinajstić information content (AvgIpc) is 3.16. The molecule has 7 heteroatoms. The first-order chi connectivity index (χ1) is 14.6. The lowest BCUT2D eigenvalue weighted by molar-refractivity contribution is -0.384. The van der Waals surface area contributed by atoms with Gasteiger partial charge >= 0.3 is 0 Å². The van der Waals surface area contributed by atoms with Crippen LogP contribution in [0.2, 0.25) is 0 Å². The average molecular weight is 402 g/mol. The molecule has 150 valence electrons. The molecular weight excluding hydrogens is 384 g/mol. The molecule has 0 atom stereocenters. The zero-order chi connectivity index (χ0) is 20.9. The molecule has 0 saturated carbocycles. The van der Waals surface area contributed by atoms with E-state index in [1.165, 1.54) is 12.1 Å². The second-order valence-corrected chi connectivity index (χ2v) is 6.61. The minimum Gasteiger partial charge on any atom is -0.489 e. The maximum absolute atomic E-state index is 12.8. The molecule has 3 aromatic carbocycles. The molecular formula is C23H18N2O5. The lowest BCUT2D eigenvalue weighted by atomic mass is 10.1. The van der Waals surface area contributed by atoms with E-state index in [0.717, 1.165) is 10.9 Å². The van der Waals surface area contributed by atoms with E-state index in [4.69, 9.17) is 9.15 Å². The Morgan fingerprint density at radius 3 is 2.40 bits per heavy atom. The van der Waals surface area contributed by atoms with Crippen LogP contribution in [-0.2, 0) is 13.2 Å². The van der Waals surface area contributed by atoms with E-state index >= 15 is 0 Å². The molecule has 0 unspecified atom stereocenters. The smallest absolute Gasteiger partial charge is 0.287 e. The molecule has 0 aliphatic rings. The second kappa shape index (κ2) is 8.48. The van der Waals surface area contributed by atoms with Crippen LogP contribution in [-0.4, -0.2) is 10.8 Å². The normalized spacial score (nSPS) is 10.7. The van der Waals surface area contributed by atoms with Gasteiger partial charge in [-0.15, -0.1) is 0 Å². The van der Waals surface area contributed by atoms with E-state index < -0.39 is 4.92 Å². The fourth-order valence-electron chi connectivity index (χ4n) is 3.10. The van der Waals surface area contributed by atoms with Crippen molar-refractivity contribution in [2.45, 2.75) is 13.2 Å². The minimum atomic E-state index is -0.463. The molecule has 0 aliphatic carbocycles. The van der Waals surface area contributed by atoms with Gasteiger partial charge in [0.05, 0.1) is 4.92 Å². The van der Waals surface area contributed by atoms with Gasteiger partial charge in [0.1, 0.15) is 17.9 Å². The minimum absolute atomic E-state index is 0.00251. The van der Waals surface area contributed by atoms with Crippen molar-refractivity contribution < 1.29 is 18.9 Å². The summed E-state index contributed by atoms with van der Waals surface area (Å²) in [7, 11) is 0. The molecule has 0 fully saturated rings. The first-order valence-electron chi connectivity index (χ1n) is 9.31. The monoisotopic (exact) mass is 402 g/mol. The third kappa shape index (κ3) is 4.15. The molecule has 4 rings (SSSR count). The zero-order valence-electron chi connectivity index (χ0n) is 15.9. The van der Waals surface area contributed by atoms with Crippen LogP contribution < -0.4 is 10.1 Å². The van der Waals surface area contributed by atoms with Gasteiger partial charge in [0.15, 0.2) is 5.76 Å². The molecule has 0 radical (unpaired) electrons. The van der Waals surface area contributed by atoms with Gasteiger partial charge in [-0.3, -0.25) is 14.9 Å². The number of rotatable bonds is 7. The molecule has 0 saturated heterocycles. The molecule has 7 nitrogen and oxygen atoms in total. The SMILES string of the molecule is O=C(NCc1ccc([N+](=O)[O-])cc1)c1oc2ccccc2c1COc1ccccc1. The van der Waals surface area contributed by atoms with Gasteiger partial charge in [-0.2, -0.15) is 0 Å². The third-order valence-corrected chi connectivity index (χ3v) is 4.63. The van der Waals surface area contributed by atoms with Crippen LogP contribution >= 0.6 is 0 Å². The van der Waals surface area contributed by atoms with Crippen LogP contribution in [0.25, 0.3) is 11.0 Å². The van der Waals surface area contributed by atoms with Crippen LogP contribution in [0.4, 0.5) is 5.69 Å². The van der Waals surface area contributed by atoms with E-state index in [1.54, 1.807) is 18.2 Å². The summed E-state index contributed by atoms with van der Waals surface area (Å²) < 4.78 is 11.7. The summed E-state index contributed by atoms with van der Waals surface area (Å²) in [5, 5.41) is 14.4. The van der Waals surface area contributed by atoms with Gasteiger partial charge in [-0.05, 0) is 23.8 Å². The van der Waals surface area contributed by atoms with Crippen molar-refractivity contribution >= 4 is 22.6 Å². The molecule has 4 aromatic rings. The van der Waals surface area contributed by atoms with Crippen molar-refractivity contribution in [2.24, 2.45) is 0 Å². The number of nitro groups is 1. The molecule has 0 bridgehead atoms. The summed E-state index contributed by atoms with van der Waals surface area (Å²) in [6.45, 7) is 0.397. The Morgan fingerprint density at radius 1 is 0.967 bits per heavy atom. The lowest BCUT2D eigenvalue weighted by Crippen LogP contribution is -2.23. The van der Waals surface area contributed by atoms with Gasteiger partial charge in [0, 0.05) is 29.6 Å². The number of amides is 1. The van der Waals surface area contributed by atoms with E-state index in [-0.39, 0.29) is 30.5 Å². The molecule has 1 heterocycles. The van der Waals surface area contributed by atoms with Gasteiger partial charge < -0.3 is 14.5 Å². The molecule has 1 N–H and O–H groups in total. The number of para-hydroxylation sites is 2. The van der Waals surface area contributed by atoms with E-state index in [0.29, 0.717) is 16.9 Å². The van der Waals surface area contributed by atoms with Crippen LogP contribution in [0.3, 0.4) is 0 Å². The maximum atomic E-state index is 12.8. The predicted octanol–water partition coefficient (Wildman–Crippen LogP) is 4.85. The number of nitro benzene ring substituents is 1. The highest BCUT2D eigenvalue weighted by Gasteiger charge is 2.21. The Kier molecular flexibility index (Phi) is 5.43.